The normalized spacial score (nSPS) is 16.8. The van der Waals surface area contributed by atoms with E-state index < -0.39 is 0 Å². The molecule has 1 N–H and O–H groups in total. The van der Waals surface area contributed by atoms with E-state index in [0.717, 1.165) is 67.4 Å². The van der Waals surface area contributed by atoms with Gasteiger partial charge in [0.05, 0.1) is 20.1 Å². The molecule has 1 aliphatic rings. The summed E-state index contributed by atoms with van der Waals surface area (Å²) < 4.78 is 10.6. The minimum atomic E-state index is 0.0438. The first-order valence-corrected chi connectivity index (χ1v) is 10.9. The molecule has 0 spiro atoms. The third kappa shape index (κ3) is 6.13. The van der Waals surface area contributed by atoms with Gasteiger partial charge in [-0.1, -0.05) is 35.9 Å². The van der Waals surface area contributed by atoms with Crippen molar-refractivity contribution in [1.29, 1.82) is 0 Å². The van der Waals surface area contributed by atoms with E-state index >= 15 is 0 Å². The van der Waals surface area contributed by atoms with Crippen molar-refractivity contribution in [2.24, 2.45) is 5.92 Å². The van der Waals surface area contributed by atoms with E-state index in [0.29, 0.717) is 6.54 Å². The van der Waals surface area contributed by atoms with Crippen LogP contribution in [0.5, 0.6) is 11.5 Å². The zero-order chi connectivity index (χ0) is 21.3. The van der Waals surface area contributed by atoms with E-state index in [9.17, 15) is 4.79 Å². The molecular weight excluding hydrogens is 400 g/mol. The first-order chi connectivity index (χ1) is 14.6. The maximum atomic E-state index is 12.7. The molecule has 0 unspecified atom stereocenters. The SMILES string of the molecule is COc1ccc(CCCNC(=O)[C@@H]2CCCN(Cc3ccccc3Cl)C2)cc1OC. The van der Waals surface area contributed by atoms with Crippen LogP contribution in [0.4, 0.5) is 0 Å². The van der Waals surface area contributed by atoms with Crippen LogP contribution >= 0.6 is 11.6 Å². The van der Waals surface area contributed by atoms with Crippen LogP contribution in [0.3, 0.4) is 0 Å². The van der Waals surface area contributed by atoms with E-state index in [1.807, 2.05) is 36.4 Å². The highest BCUT2D eigenvalue weighted by Crippen LogP contribution is 2.28. The molecule has 5 nitrogen and oxygen atoms in total. The standard InChI is InChI=1S/C24H31ClN2O3/c1-29-22-12-11-18(15-23(22)30-2)7-5-13-26-24(28)20-9-6-14-27(17-20)16-19-8-3-4-10-21(19)25/h3-4,8,10-12,15,20H,5-7,9,13-14,16-17H2,1-2H3,(H,26,28)/t20-/m1/s1. The van der Waals surface area contributed by atoms with Crippen molar-refractivity contribution < 1.29 is 14.3 Å². The maximum absolute atomic E-state index is 12.7. The molecule has 162 valence electrons. The third-order valence-electron chi connectivity index (χ3n) is 5.62. The molecule has 2 aromatic carbocycles. The average Bonchev–Trinajstić information content (AvgIpc) is 2.78. The molecule has 1 atom stereocenters. The Kier molecular flexibility index (Phi) is 8.40. The molecule has 0 bridgehead atoms. The van der Waals surface area contributed by atoms with E-state index in [1.165, 1.54) is 5.56 Å². The molecule has 3 rings (SSSR count). The molecule has 0 aliphatic carbocycles. The molecule has 30 heavy (non-hydrogen) atoms. The number of hydrogen-bond acceptors (Lipinski definition) is 4. The first-order valence-electron chi connectivity index (χ1n) is 10.5. The molecular formula is C24H31ClN2O3. The van der Waals surface area contributed by atoms with Crippen LogP contribution in [0.1, 0.15) is 30.4 Å². The maximum Gasteiger partial charge on any atom is 0.224 e. The smallest absolute Gasteiger partial charge is 0.224 e. The summed E-state index contributed by atoms with van der Waals surface area (Å²) >= 11 is 6.29. The number of nitrogens with zero attached hydrogens (tertiary/aromatic N) is 1. The second-order valence-corrected chi connectivity index (χ2v) is 8.16. The van der Waals surface area contributed by atoms with E-state index in [4.69, 9.17) is 21.1 Å². The molecule has 1 heterocycles. The Morgan fingerprint density at radius 1 is 1.17 bits per heavy atom. The van der Waals surface area contributed by atoms with Crippen LogP contribution in [0.25, 0.3) is 0 Å². The summed E-state index contributed by atoms with van der Waals surface area (Å²) in [6.45, 7) is 3.26. The van der Waals surface area contributed by atoms with Gasteiger partial charge in [0.25, 0.3) is 0 Å². The zero-order valence-electron chi connectivity index (χ0n) is 17.8. The van der Waals surface area contributed by atoms with E-state index in [1.54, 1.807) is 14.2 Å². The Morgan fingerprint density at radius 3 is 2.73 bits per heavy atom. The van der Waals surface area contributed by atoms with Crippen molar-refractivity contribution in [3.8, 4) is 11.5 Å². The van der Waals surface area contributed by atoms with Crippen LogP contribution in [0.2, 0.25) is 5.02 Å². The number of rotatable bonds is 9. The van der Waals surface area contributed by atoms with Crippen LogP contribution < -0.4 is 14.8 Å². The number of aryl methyl sites for hydroxylation is 1. The van der Waals surface area contributed by atoms with Gasteiger partial charge in [-0.05, 0) is 61.6 Å². The van der Waals surface area contributed by atoms with Crippen LogP contribution in [-0.2, 0) is 17.8 Å². The lowest BCUT2D eigenvalue weighted by atomic mass is 9.96. The third-order valence-corrected chi connectivity index (χ3v) is 5.99. The minimum absolute atomic E-state index is 0.0438. The number of likely N-dealkylation sites (tertiary alicyclic amines) is 1. The molecule has 1 aliphatic heterocycles. The minimum Gasteiger partial charge on any atom is -0.493 e. The lowest BCUT2D eigenvalue weighted by Gasteiger charge is -2.32. The lowest BCUT2D eigenvalue weighted by Crippen LogP contribution is -2.43. The number of nitrogens with one attached hydrogen (secondary N) is 1. The Hall–Kier alpha value is -2.24. The molecule has 6 heteroatoms. The van der Waals surface area contributed by atoms with E-state index in [-0.39, 0.29) is 11.8 Å². The number of piperidine rings is 1. The first kappa shape index (κ1) is 22.4. The van der Waals surface area contributed by atoms with Crippen LogP contribution in [-0.4, -0.2) is 44.7 Å². The summed E-state index contributed by atoms with van der Waals surface area (Å²) in [5.41, 5.74) is 2.29. The highest BCUT2D eigenvalue weighted by molar-refractivity contribution is 6.31. The van der Waals surface area contributed by atoms with Crippen LogP contribution in [0, 0.1) is 5.92 Å². The number of methoxy groups -OCH3 is 2. The van der Waals surface area contributed by atoms with Crippen LogP contribution in [0.15, 0.2) is 42.5 Å². The Balaban J connectivity index is 1.43. The summed E-state index contributed by atoms with van der Waals surface area (Å²) in [5.74, 6) is 1.67. The Morgan fingerprint density at radius 2 is 1.97 bits per heavy atom. The van der Waals surface area contributed by atoms with Gasteiger partial charge in [-0.15, -0.1) is 0 Å². The lowest BCUT2D eigenvalue weighted by molar-refractivity contribution is -0.126. The van der Waals surface area contributed by atoms with Gasteiger partial charge < -0.3 is 14.8 Å². The second kappa shape index (κ2) is 11.2. The molecule has 1 amide bonds. The van der Waals surface area contributed by atoms with Gasteiger partial charge in [0, 0.05) is 24.7 Å². The summed E-state index contributed by atoms with van der Waals surface area (Å²) in [6, 6.07) is 13.9. The van der Waals surface area contributed by atoms with Gasteiger partial charge in [0.15, 0.2) is 11.5 Å². The van der Waals surface area contributed by atoms with Crippen molar-refractivity contribution in [1.82, 2.24) is 10.2 Å². The Bertz CT molecular complexity index is 843. The summed E-state index contributed by atoms with van der Waals surface area (Å²) in [5, 5.41) is 3.91. The number of benzene rings is 2. The monoisotopic (exact) mass is 430 g/mol. The molecule has 0 aromatic heterocycles. The molecule has 1 saturated heterocycles. The van der Waals surface area contributed by atoms with Gasteiger partial charge in [-0.2, -0.15) is 0 Å². The summed E-state index contributed by atoms with van der Waals surface area (Å²) in [4.78, 5) is 15.0. The number of carbonyl (C=O) groups excluding carboxylic acids is 1. The summed E-state index contributed by atoms with van der Waals surface area (Å²) in [7, 11) is 3.27. The number of amides is 1. The summed E-state index contributed by atoms with van der Waals surface area (Å²) in [6.07, 6.45) is 3.75. The number of halogens is 1. The quantitative estimate of drug-likeness (QED) is 0.602. The molecule has 1 fully saturated rings. The van der Waals surface area contributed by atoms with Crippen molar-refractivity contribution in [2.75, 3.05) is 33.9 Å². The molecule has 0 radical (unpaired) electrons. The van der Waals surface area contributed by atoms with Crippen molar-refractivity contribution in [3.63, 3.8) is 0 Å². The topological polar surface area (TPSA) is 50.8 Å². The van der Waals surface area contributed by atoms with Crippen molar-refractivity contribution in [2.45, 2.75) is 32.2 Å². The average molecular weight is 431 g/mol. The second-order valence-electron chi connectivity index (χ2n) is 7.75. The fourth-order valence-corrected chi connectivity index (χ4v) is 4.16. The number of ether oxygens (including phenoxy) is 2. The predicted molar refractivity (Wildman–Crippen MR) is 120 cm³/mol. The highest BCUT2D eigenvalue weighted by atomic mass is 35.5. The number of hydrogen-bond donors (Lipinski definition) is 1. The highest BCUT2D eigenvalue weighted by Gasteiger charge is 2.25. The van der Waals surface area contributed by atoms with Gasteiger partial charge in [0.2, 0.25) is 5.91 Å². The molecule has 2 aromatic rings. The molecule has 0 saturated carbocycles. The van der Waals surface area contributed by atoms with E-state index in [2.05, 4.69) is 16.3 Å². The van der Waals surface area contributed by atoms with Gasteiger partial charge in [-0.25, -0.2) is 0 Å². The van der Waals surface area contributed by atoms with Gasteiger partial charge >= 0.3 is 0 Å². The van der Waals surface area contributed by atoms with Crippen molar-refractivity contribution in [3.05, 3.63) is 58.6 Å². The predicted octanol–water partition coefficient (Wildman–Crippen LogP) is 4.32. The number of carbonyl (C=O) groups is 1. The zero-order valence-corrected chi connectivity index (χ0v) is 18.6. The van der Waals surface area contributed by atoms with Gasteiger partial charge in [-0.3, -0.25) is 9.69 Å². The fraction of sp³-hybridized carbons (Fsp3) is 0.458. The Labute approximate surface area is 184 Å². The van der Waals surface area contributed by atoms with Crippen molar-refractivity contribution >= 4 is 17.5 Å². The fourth-order valence-electron chi connectivity index (χ4n) is 3.97. The largest absolute Gasteiger partial charge is 0.493 e. The van der Waals surface area contributed by atoms with Gasteiger partial charge in [0.1, 0.15) is 0 Å².